The van der Waals surface area contributed by atoms with Gasteiger partial charge in [0, 0.05) is 17.2 Å². The van der Waals surface area contributed by atoms with Crippen LogP contribution < -0.4 is 5.73 Å². The van der Waals surface area contributed by atoms with Crippen LogP contribution in [0.15, 0.2) is 58.8 Å². The maximum absolute atomic E-state index is 11.1. The molecule has 24 heavy (non-hydrogen) atoms. The van der Waals surface area contributed by atoms with E-state index in [4.69, 9.17) is 5.73 Å². The second-order valence-electron chi connectivity index (χ2n) is 5.13. The maximum atomic E-state index is 11.1. The minimum atomic E-state index is -0.427. The highest BCUT2D eigenvalue weighted by Gasteiger charge is 2.17. The molecule has 3 rings (SSSR count). The Morgan fingerprint density at radius 2 is 1.92 bits per heavy atom. The number of aromatic amines is 1. The van der Waals surface area contributed by atoms with Gasteiger partial charge in [0.2, 0.25) is 0 Å². The zero-order valence-corrected chi connectivity index (χ0v) is 12.8. The molecule has 0 aliphatic heterocycles. The summed E-state index contributed by atoms with van der Waals surface area (Å²) in [5.74, 6) is 0.174. The zero-order chi connectivity index (χ0) is 17.1. The molecule has 0 atom stereocenters. The Hall–Kier alpha value is -3.55. The minimum Gasteiger partial charge on any atom is -0.380 e. The number of rotatable bonds is 4. The molecular weight excluding hydrogens is 308 g/mol. The average Bonchev–Trinajstić information content (AvgIpc) is 2.95. The number of nitrogen functional groups attached to an aromatic ring is 1. The predicted molar refractivity (Wildman–Crippen MR) is 90.4 cm³/mol. The molecule has 3 N–H and O–H groups in total. The van der Waals surface area contributed by atoms with Crippen molar-refractivity contribution in [2.75, 3.05) is 5.73 Å². The molecule has 0 aliphatic rings. The van der Waals surface area contributed by atoms with Crippen molar-refractivity contribution in [1.82, 2.24) is 10.2 Å². The summed E-state index contributed by atoms with van der Waals surface area (Å²) >= 11 is 0. The van der Waals surface area contributed by atoms with Gasteiger partial charge in [-0.2, -0.15) is 10.2 Å². The molecule has 0 saturated carbocycles. The molecule has 0 aliphatic carbocycles. The van der Waals surface area contributed by atoms with Crippen molar-refractivity contribution in [3.63, 3.8) is 0 Å². The number of hydrogen-bond donors (Lipinski definition) is 2. The Labute approximate surface area is 137 Å². The number of nitrogens with two attached hydrogens (primary N) is 1. The Morgan fingerprint density at radius 3 is 2.62 bits per heavy atom. The van der Waals surface area contributed by atoms with Crippen molar-refractivity contribution in [3.8, 4) is 11.3 Å². The summed E-state index contributed by atoms with van der Waals surface area (Å²) in [6.45, 7) is 1.68. The number of nitrogens with one attached hydrogen (secondary N) is 1. The van der Waals surface area contributed by atoms with Crippen LogP contribution in [0.4, 0.5) is 22.9 Å². The molecule has 8 nitrogen and oxygen atoms in total. The van der Waals surface area contributed by atoms with Crippen molar-refractivity contribution in [1.29, 1.82) is 0 Å². The molecule has 0 fully saturated rings. The predicted octanol–water partition coefficient (Wildman–Crippen LogP) is 4.29. The molecule has 8 heteroatoms. The maximum Gasteiger partial charge on any atom is 0.272 e. The molecule has 1 aromatic heterocycles. The fourth-order valence-electron chi connectivity index (χ4n) is 2.22. The highest BCUT2D eigenvalue weighted by Crippen LogP contribution is 2.36. The molecular formula is C16H14N6O2. The van der Waals surface area contributed by atoms with E-state index in [0.717, 1.165) is 0 Å². The van der Waals surface area contributed by atoms with E-state index in [2.05, 4.69) is 20.4 Å². The van der Waals surface area contributed by atoms with E-state index in [0.29, 0.717) is 28.2 Å². The minimum absolute atomic E-state index is 0.0200. The van der Waals surface area contributed by atoms with Gasteiger partial charge in [-0.25, -0.2) is 0 Å². The summed E-state index contributed by atoms with van der Waals surface area (Å²) < 4.78 is 0. The number of anilines is 1. The van der Waals surface area contributed by atoms with Gasteiger partial charge in [0.15, 0.2) is 11.5 Å². The van der Waals surface area contributed by atoms with Crippen molar-refractivity contribution < 1.29 is 4.92 Å². The molecule has 2 aromatic carbocycles. The number of hydrogen-bond acceptors (Lipinski definition) is 6. The number of nitrogens with zero attached hydrogens (tertiary/aromatic N) is 4. The van der Waals surface area contributed by atoms with Crippen LogP contribution in [0.3, 0.4) is 0 Å². The van der Waals surface area contributed by atoms with Gasteiger partial charge in [-0.1, -0.05) is 30.3 Å². The Balaban J connectivity index is 2.03. The first-order chi connectivity index (χ1) is 11.6. The van der Waals surface area contributed by atoms with Crippen LogP contribution >= 0.6 is 0 Å². The van der Waals surface area contributed by atoms with Gasteiger partial charge in [0.25, 0.3) is 5.69 Å². The summed E-state index contributed by atoms with van der Waals surface area (Å²) in [4.78, 5) is 10.7. The molecule has 0 radical (unpaired) electrons. The number of nitro benzene ring substituents is 1. The van der Waals surface area contributed by atoms with Crippen LogP contribution in [-0.4, -0.2) is 15.1 Å². The third-order valence-electron chi connectivity index (χ3n) is 3.48. The molecule has 0 unspecified atom stereocenters. The highest BCUT2D eigenvalue weighted by atomic mass is 16.6. The molecule has 0 bridgehead atoms. The van der Waals surface area contributed by atoms with Crippen LogP contribution in [-0.2, 0) is 0 Å². The van der Waals surface area contributed by atoms with Gasteiger partial charge in [0.1, 0.15) is 0 Å². The first kappa shape index (κ1) is 15.3. The van der Waals surface area contributed by atoms with Crippen LogP contribution in [0.25, 0.3) is 11.3 Å². The van der Waals surface area contributed by atoms with E-state index in [1.807, 2.05) is 18.2 Å². The number of aryl methyl sites for hydroxylation is 1. The van der Waals surface area contributed by atoms with Gasteiger partial charge in [-0.05, 0) is 19.1 Å². The fraction of sp³-hybridized carbons (Fsp3) is 0.0625. The Morgan fingerprint density at radius 1 is 1.17 bits per heavy atom. The van der Waals surface area contributed by atoms with Crippen LogP contribution in [0.1, 0.15) is 5.56 Å². The molecule has 0 saturated heterocycles. The first-order valence-electron chi connectivity index (χ1n) is 7.12. The smallest absolute Gasteiger partial charge is 0.272 e. The van der Waals surface area contributed by atoms with Gasteiger partial charge in [0.05, 0.1) is 16.3 Å². The normalized spacial score (nSPS) is 11.0. The Kier molecular flexibility index (Phi) is 4.02. The fourth-order valence-corrected chi connectivity index (χ4v) is 2.22. The molecule has 0 spiro atoms. The van der Waals surface area contributed by atoms with Gasteiger partial charge in [-0.15, -0.1) is 5.11 Å². The van der Waals surface area contributed by atoms with E-state index in [1.54, 1.807) is 31.2 Å². The summed E-state index contributed by atoms with van der Waals surface area (Å²) in [6.07, 6.45) is 0. The second-order valence-corrected chi connectivity index (χ2v) is 5.13. The molecule has 3 aromatic rings. The van der Waals surface area contributed by atoms with Gasteiger partial charge < -0.3 is 5.73 Å². The lowest BCUT2D eigenvalue weighted by Crippen LogP contribution is -1.92. The van der Waals surface area contributed by atoms with E-state index in [1.165, 1.54) is 6.07 Å². The van der Waals surface area contributed by atoms with Crippen LogP contribution in [0.5, 0.6) is 0 Å². The number of aromatic nitrogens is 2. The largest absolute Gasteiger partial charge is 0.380 e. The lowest BCUT2D eigenvalue weighted by molar-refractivity contribution is -0.385. The first-order valence-corrected chi connectivity index (χ1v) is 7.12. The third-order valence-corrected chi connectivity index (χ3v) is 3.48. The number of benzene rings is 2. The lowest BCUT2D eigenvalue weighted by Gasteiger charge is -2.02. The van der Waals surface area contributed by atoms with Crippen molar-refractivity contribution in [3.05, 3.63) is 64.2 Å². The van der Waals surface area contributed by atoms with E-state index in [-0.39, 0.29) is 11.5 Å². The Bertz CT molecular complexity index is 918. The van der Waals surface area contributed by atoms with Crippen molar-refractivity contribution >= 4 is 22.9 Å². The summed E-state index contributed by atoms with van der Waals surface area (Å²) in [5.41, 5.74) is 8.49. The third kappa shape index (κ3) is 2.98. The number of azo groups is 1. The average molecular weight is 322 g/mol. The monoisotopic (exact) mass is 322 g/mol. The van der Waals surface area contributed by atoms with E-state index >= 15 is 0 Å². The van der Waals surface area contributed by atoms with Crippen LogP contribution in [0.2, 0.25) is 0 Å². The lowest BCUT2D eigenvalue weighted by atomic mass is 10.1. The van der Waals surface area contributed by atoms with Crippen LogP contribution in [0, 0.1) is 17.0 Å². The summed E-state index contributed by atoms with van der Waals surface area (Å²) in [7, 11) is 0. The topological polar surface area (TPSA) is 123 Å². The summed E-state index contributed by atoms with van der Waals surface area (Å²) in [5, 5.41) is 26.1. The molecule has 0 amide bonds. The van der Waals surface area contributed by atoms with Crippen molar-refractivity contribution in [2.45, 2.75) is 6.92 Å². The standard InChI is InChI=1S/C16H14N6O2/c1-10-7-8-11(9-13(10)22(23)24)14-15(16(17)21-19-14)20-18-12-5-3-2-4-6-12/h2-9H,1H3,(H3,17,19,21). The molecule has 1 heterocycles. The number of nitro groups is 1. The summed E-state index contributed by atoms with van der Waals surface area (Å²) in [6, 6.07) is 14.0. The van der Waals surface area contributed by atoms with Gasteiger partial charge >= 0.3 is 0 Å². The molecule has 120 valence electrons. The zero-order valence-electron chi connectivity index (χ0n) is 12.8. The van der Waals surface area contributed by atoms with E-state index < -0.39 is 4.92 Å². The number of H-pyrrole nitrogens is 1. The SMILES string of the molecule is Cc1ccc(-c2[nH]nc(N)c2N=Nc2ccccc2)cc1[N+](=O)[O-]. The van der Waals surface area contributed by atoms with E-state index in [9.17, 15) is 10.1 Å². The highest BCUT2D eigenvalue weighted by molar-refractivity contribution is 5.80. The van der Waals surface area contributed by atoms with Crippen molar-refractivity contribution in [2.24, 2.45) is 10.2 Å². The second kappa shape index (κ2) is 6.29. The van der Waals surface area contributed by atoms with Gasteiger partial charge in [-0.3, -0.25) is 15.2 Å². The quantitative estimate of drug-likeness (QED) is 0.422.